The number of amides is 1. The van der Waals surface area contributed by atoms with Crippen molar-refractivity contribution in [2.75, 3.05) is 5.88 Å². The van der Waals surface area contributed by atoms with Gasteiger partial charge < -0.3 is 14.8 Å². The van der Waals surface area contributed by atoms with Gasteiger partial charge in [-0.05, 0) is 23.6 Å². The van der Waals surface area contributed by atoms with Crippen LogP contribution in [0.3, 0.4) is 0 Å². The lowest BCUT2D eigenvalue weighted by Crippen LogP contribution is -2.62. The maximum atomic E-state index is 12.7. The fourth-order valence-electron chi connectivity index (χ4n) is 4.24. The van der Waals surface area contributed by atoms with E-state index < -0.39 is 27.4 Å². The van der Waals surface area contributed by atoms with Gasteiger partial charge in [-0.15, -0.1) is 23.4 Å². The molecule has 1 heterocycles. The maximum absolute atomic E-state index is 12.7. The Bertz CT molecular complexity index is 1080. The molecule has 1 saturated heterocycles. The third-order valence-electron chi connectivity index (χ3n) is 5.93. The number of rotatable bonds is 9. The molecule has 1 aliphatic heterocycles. The number of alkyl halides is 3. The number of carbonyl (C=O) groups is 2. The summed E-state index contributed by atoms with van der Waals surface area (Å²) in [7, 11) is 0. The number of hydrogen-bond donors (Lipinski definition) is 1. The number of β-lactam (4-membered cyclic amide) rings is 1. The van der Waals surface area contributed by atoms with Gasteiger partial charge in [-0.1, -0.05) is 114 Å². The second kappa shape index (κ2) is 11.3. The van der Waals surface area contributed by atoms with Crippen LogP contribution in [0.2, 0.25) is 0 Å². The van der Waals surface area contributed by atoms with Crippen LogP contribution < -0.4 is 5.32 Å². The summed E-state index contributed by atoms with van der Waals surface area (Å²) in [6.45, 7) is 1.64. The quantitative estimate of drug-likeness (QED) is 0.136. The lowest BCUT2D eigenvalue weighted by atomic mass is 9.84. The number of thioether (sulfide) groups is 1. The summed E-state index contributed by atoms with van der Waals surface area (Å²) in [5.41, 5.74) is 3.16. The second-order valence-electron chi connectivity index (χ2n) is 8.30. The van der Waals surface area contributed by atoms with E-state index in [0.29, 0.717) is 0 Å². The predicted octanol–water partition coefficient (Wildman–Crippen LogP) is 6.70. The lowest BCUT2D eigenvalue weighted by Gasteiger charge is -2.45. The van der Waals surface area contributed by atoms with Gasteiger partial charge in [0.05, 0.1) is 16.0 Å². The first-order valence-corrected chi connectivity index (χ1v) is 13.4. The minimum atomic E-state index is -1.92. The molecular formula is C27H24Cl3NO4S. The summed E-state index contributed by atoms with van der Waals surface area (Å²) in [6, 6.07) is 30.3. The zero-order chi connectivity index (χ0) is 25.8. The average molecular weight is 565 g/mol. The van der Waals surface area contributed by atoms with Crippen LogP contribution in [0, 0.1) is 5.92 Å². The Morgan fingerprint density at radius 1 is 0.917 bits per heavy atom. The van der Waals surface area contributed by atoms with Crippen molar-refractivity contribution < 1.29 is 19.1 Å². The van der Waals surface area contributed by atoms with Crippen LogP contribution in [0.5, 0.6) is 0 Å². The summed E-state index contributed by atoms with van der Waals surface area (Å²) in [5.74, 6) is -1.19. The summed E-state index contributed by atoms with van der Waals surface area (Å²) >= 11 is 18.8. The Morgan fingerprint density at radius 3 is 1.75 bits per heavy atom. The summed E-state index contributed by atoms with van der Waals surface area (Å²) in [6.07, 6.45) is -1.90. The predicted molar refractivity (Wildman–Crippen MR) is 144 cm³/mol. The van der Waals surface area contributed by atoms with Crippen LogP contribution in [0.15, 0.2) is 91.0 Å². The van der Waals surface area contributed by atoms with E-state index in [1.807, 2.05) is 54.6 Å². The fourth-order valence-corrected chi connectivity index (χ4v) is 6.29. The SMILES string of the molecule is CC(OC(=O)OC(Cl)(Cl)CCl)C1C(=O)NC1SC(c1ccccc1)(c1ccccc1)c1ccccc1. The summed E-state index contributed by atoms with van der Waals surface area (Å²) in [5, 5.41) is 2.62. The van der Waals surface area contributed by atoms with Crippen molar-refractivity contribution in [3.63, 3.8) is 0 Å². The molecule has 1 N–H and O–H groups in total. The first-order valence-electron chi connectivity index (χ1n) is 11.2. The van der Waals surface area contributed by atoms with Gasteiger partial charge in [-0.2, -0.15) is 0 Å². The van der Waals surface area contributed by atoms with E-state index in [2.05, 4.69) is 41.7 Å². The van der Waals surface area contributed by atoms with Crippen molar-refractivity contribution >= 4 is 58.6 Å². The van der Waals surface area contributed by atoms with Gasteiger partial charge in [0, 0.05) is 0 Å². The van der Waals surface area contributed by atoms with E-state index in [1.54, 1.807) is 18.7 Å². The van der Waals surface area contributed by atoms with E-state index in [9.17, 15) is 9.59 Å². The molecule has 0 aromatic heterocycles. The number of carbonyl (C=O) groups excluding carboxylic acids is 2. The molecule has 3 atom stereocenters. The highest BCUT2D eigenvalue weighted by Crippen LogP contribution is 2.52. The van der Waals surface area contributed by atoms with E-state index >= 15 is 0 Å². The van der Waals surface area contributed by atoms with Gasteiger partial charge in [0.25, 0.3) is 4.52 Å². The maximum Gasteiger partial charge on any atom is 0.511 e. The van der Waals surface area contributed by atoms with Crippen molar-refractivity contribution in [2.24, 2.45) is 5.92 Å². The second-order valence-corrected chi connectivity index (χ2v) is 11.3. The number of nitrogens with one attached hydrogen (secondary N) is 1. The highest BCUT2D eigenvalue weighted by molar-refractivity contribution is 8.01. The van der Waals surface area contributed by atoms with Gasteiger partial charge in [-0.3, -0.25) is 4.79 Å². The third kappa shape index (κ3) is 5.62. The fraction of sp³-hybridized carbons (Fsp3) is 0.259. The smallest absolute Gasteiger partial charge is 0.430 e. The first kappa shape index (κ1) is 26.7. The normalized spacial score (nSPS) is 18.5. The van der Waals surface area contributed by atoms with Crippen molar-refractivity contribution in [1.29, 1.82) is 0 Å². The van der Waals surface area contributed by atoms with Gasteiger partial charge >= 0.3 is 6.16 Å². The Balaban J connectivity index is 1.69. The molecule has 0 spiro atoms. The molecule has 188 valence electrons. The Labute approximate surface area is 229 Å². The van der Waals surface area contributed by atoms with E-state index in [0.717, 1.165) is 16.7 Å². The first-order chi connectivity index (χ1) is 17.3. The molecular weight excluding hydrogens is 541 g/mol. The molecule has 0 saturated carbocycles. The van der Waals surface area contributed by atoms with Crippen molar-refractivity contribution in [1.82, 2.24) is 5.32 Å². The van der Waals surface area contributed by atoms with E-state index in [4.69, 9.17) is 44.3 Å². The molecule has 0 aliphatic carbocycles. The molecule has 5 nitrogen and oxygen atoms in total. The van der Waals surface area contributed by atoms with Crippen LogP contribution in [0.4, 0.5) is 4.79 Å². The standard InChI is InChI=1S/C27H24Cl3NO4S/c1-18(34-25(33)35-26(29,30)17-28)22-23(32)31-24(22)36-27(19-11-5-2-6-12-19,20-13-7-3-8-14-20)21-15-9-4-10-16-21/h2-16,18,22,24H,17H2,1H3,(H,31,32). The molecule has 0 bridgehead atoms. The molecule has 1 fully saturated rings. The highest BCUT2D eigenvalue weighted by atomic mass is 35.5. The Kier molecular flexibility index (Phi) is 8.41. The largest absolute Gasteiger partial charge is 0.511 e. The lowest BCUT2D eigenvalue weighted by molar-refractivity contribution is -0.137. The van der Waals surface area contributed by atoms with E-state index in [1.165, 1.54) is 0 Å². The van der Waals surface area contributed by atoms with Gasteiger partial charge in [-0.25, -0.2) is 4.79 Å². The van der Waals surface area contributed by atoms with Crippen LogP contribution in [0.25, 0.3) is 0 Å². The van der Waals surface area contributed by atoms with Crippen LogP contribution >= 0.6 is 46.6 Å². The summed E-state index contributed by atoms with van der Waals surface area (Å²) in [4.78, 5) is 24.9. The van der Waals surface area contributed by atoms with Gasteiger partial charge in [0.2, 0.25) is 5.91 Å². The molecule has 9 heteroatoms. The number of benzene rings is 3. The van der Waals surface area contributed by atoms with Gasteiger partial charge in [0.15, 0.2) is 0 Å². The molecule has 4 rings (SSSR count). The van der Waals surface area contributed by atoms with Crippen LogP contribution in [-0.4, -0.2) is 33.9 Å². The molecule has 3 aromatic rings. The highest BCUT2D eigenvalue weighted by Gasteiger charge is 2.51. The van der Waals surface area contributed by atoms with Crippen LogP contribution in [0.1, 0.15) is 23.6 Å². The molecule has 1 aliphatic rings. The van der Waals surface area contributed by atoms with Crippen LogP contribution in [-0.2, 0) is 19.0 Å². The topological polar surface area (TPSA) is 64.6 Å². The number of hydrogen-bond acceptors (Lipinski definition) is 5. The minimum Gasteiger partial charge on any atom is -0.430 e. The minimum absolute atomic E-state index is 0.226. The van der Waals surface area contributed by atoms with Crippen molar-refractivity contribution in [3.8, 4) is 0 Å². The molecule has 3 unspecified atom stereocenters. The van der Waals surface area contributed by atoms with Crippen molar-refractivity contribution in [2.45, 2.75) is 27.7 Å². The Hall–Kier alpha value is -2.38. The number of ether oxygens (including phenoxy) is 2. The molecule has 36 heavy (non-hydrogen) atoms. The third-order valence-corrected chi connectivity index (χ3v) is 8.73. The summed E-state index contributed by atoms with van der Waals surface area (Å²) < 4.78 is 7.65. The zero-order valence-electron chi connectivity index (χ0n) is 19.3. The molecule has 3 aromatic carbocycles. The van der Waals surface area contributed by atoms with Gasteiger partial charge in [0.1, 0.15) is 12.0 Å². The Morgan fingerprint density at radius 2 is 1.36 bits per heavy atom. The monoisotopic (exact) mass is 563 g/mol. The van der Waals surface area contributed by atoms with Crippen molar-refractivity contribution in [3.05, 3.63) is 108 Å². The van der Waals surface area contributed by atoms with E-state index in [-0.39, 0.29) is 17.2 Å². The molecule has 1 amide bonds. The average Bonchev–Trinajstić information content (AvgIpc) is 2.87. The number of halogens is 3. The molecule has 0 radical (unpaired) electrons. The zero-order valence-corrected chi connectivity index (χ0v) is 22.4.